The molecular formula is C20H21N3O2. The van der Waals surface area contributed by atoms with Gasteiger partial charge in [0.05, 0.1) is 11.6 Å². The molecule has 0 saturated heterocycles. The summed E-state index contributed by atoms with van der Waals surface area (Å²) >= 11 is 0. The van der Waals surface area contributed by atoms with E-state index in [9.17, 15) is 9.59 Å². The molecule has 2 aromatic carbocycles. The summed E-state index contributed by atoms with van der Waals surface area (Å²) < 4.78 is 0. The van der Waals surface area contributed by atoms with Gasteiger partial charge in [-0.15, -0.1) is 0 Å². The molecule has 0 unspecified atom stereocenters. The lowest BCUT2D eigenvalue weighted by Crippen LogP contribution is -2.22. The van der Waals surface area contributed by atoms with Crippen LogP contribution in [0.2, 0.25) is 0 Å². The first-order chi connectivity index (χ1) is 12.1. The zero-order valence-electron chi connectivity index (χ0n) is 14.4. The quantitative estimate of drug-likeness (QED) is 0.791. The Labute approximate surface area is 147 Å². The lowest BCUT2D eigenvalue weighted by molar-refractivity contribution is -0.123. The zero-order valence-corrected chi connectivity index (χ0v) is 14.4. The minimum atomic E-state index is -0.394. The SMILES string of the molecule is CCc1cccc(CC)c1NC(=O)CC(=O)Nc1ccc(C#N)cc1. The standard InChI is InChI=1S/C20H21N3O2/c1-3-15-6-5-7-16(4-2)20(15)23-19(25)12-18(24)22-17-10-8-14(13-21)9-11-17/h5-11H,3-4,12H2,1-2H3,(H,22,24)(H,23,25). The number of rotatable bonds is 6. The highest BCUT2D eigenvalue weighted by atomic mass is 16.2. The summed E-state index contributed by atoms with van der Waals surface area (Å²) in [6.45, 7) is 4.06. The number of hydrogen-bond donors (Lipinski definition) is 2. The predicted molar refractivity (Wildman–Crippen MR) is 98.2 cm³/mol. The number of anilines is 2. The van der Waals surface area contributed by atoms with Crippen LogP contribution in [0.1, 0.15) is 37.0 Å². The summed E-state index contributed by atoms with van der Waals surface area (Å²) in [6, 6.07) is 14.4. The summed E-state index contributed by atoms with van der Waals surface area (Å²) in [6.07, 6.45) is 1.35. The molecule has 128 valence electrons. The van der Waals surface area contributed by atoms with Crippen molar-refractivity contribution in [1.82, 2.24) is 0 Å². The second kappa shape index (κ2) is 8.65. The number of carbonyl (C=O) groups is 2. The van der Waals surface area contributed by atoms with E-state index in [1.807, 2.05) is 38.1 Å². The van der Waals surface area contributed by atoms with Crippen molar-refractivity contribution < 1.29 is 9.59 Å². The fraction of sp³-hybridized carbons (Fsp3) is 0.250. The Morgan fingerprint density at radius 2 is 1.48 bits per heavy atom. The van der Waals surface area contributed by atoms with Crippen molar-refractivity contribution >= 4 is 23.2 Å². The Hall–Kier alpha value is -3.13. The first kappa shape index (κ1) is 18.2. The van der Waals surface area contributed by atoms with Crippen LogP contribution in [-0.2, 0) is 22.4 Å². The third-order valence-electron chi connectivity index (χ3n) is 3.88. The Bertz CT molecular complexity index is 782. The summed E-state index contributed by atoms with van der Waals surface area (Å²) in [5, 5.41) is 14.3. The maximum Gasteiger partial charge on any atom is 0.233 e. The van der Waals surface area contributed by atoms with Gasteiger partial charge in [0.25, 0.3) is 0 Å². The second-order valence-electron chi connectivity index (χ2n) is 5.62. The van der Waals surface area contributed by atoms with Crippen LogP contribution < -0.4 is 10.6 Å². The molecule has 2 amide bonds. The lowest BCUT2D eigenvalue weighted by Gasteiger charge is -2.14. The molecule has 0 atom stereocenters. The molecule has 0 aromatic heterocycles. The molecule has 0 saturated carbocycles. The first-order valence-corrected chi connectivity index (χ1v) is 8.28. The van der Waals surface area contributed by atoms with E-state index < -0.39 is 5.91 Å². The average molecular weight is 335 g/mol. The smallest absolute Gasteiger partial charge is 0.233 e. The van der Waals surface area contributed by atoms with Crippen LogP contribution in [0.3, 0.4) is 0 Å². The van der Waals surface area contributed by atoms with E-state index >= 15 is 0 Å². The van der Waals surface area contributed by atoms with Crippen molar-refractivity contribution in [2.24, 2.45) is 0 Å². The van der Waals surface area contributed by atoms with Gasteiger partial charge in [-0.3, -0.25) is 9.59 Å². The summed E-state index contributed by atoms with van der Waals surface area (Å²) in [4.78, 5) is 24.3. The molecule has 0 fully saturated rings. The number of para-hydroxylation sites is 1. The number of amides is 2. The van der Waals surface area contributed by atoms with Crippen molar-refractivity contribution in [2.75, 3.05) is 10.6 Å². The number of benzene rings is 2. The molecule has 5 heteroatoms. The Kier molecular flexibility index (Phi) is 6.30. The van der Waals surface area contributed by atoms with Gasteiger partial charge >= 0.3 is 0 Å². The molecule has 0 spiro atoms. The fourth-order valence-electron chi connectivity index (χ4n) is 2.57. The largest absolute Gasteiger partial charge is 0.326 e. The van der Waals surface area contributed by atoms with E-state index in [2.05, 4.69) is 10.6 Å². The molecule has 2 rings (SSSR count). The van der Waals surface area contributed by atoms with E-state index in [0.29, 0.717) is 11.3 Å². The number of hydrogen-bond acceptors (Lipinski definition) is 3. The van der Waals surface area contributed by atoms with Gasteiger partial charge in [-0.1, -0.05) is 32.0 Å². The van der Waals surface area contributed by atoms with Crippen molar-refractivity contribution in [2.45, 2.75) is 33.1 Å². The van der Waals surface area contributed by atoms with Gasteiger partial charge in [0.2, 0.25) is 11.8 Å². The highest BCUT2D eigenvalue weighted by molar-refractivity contribution is 6.08. The lowest BCUT2D eigenvalue weighted by atomic mass is 10.0. The van der Waals surface area contributed by atoms with E-state index in [4.69, 9.17) is 5.26 Å². The van der Waals surface area contributed by atoms with Crippen LogP contribution >= 0.6 is 0 Å². The molecule has 25 heavy (non-hydrogen) atoms. The van der Waals surface area contributed by atoms with Gasteiger partial charge in [0, 0.05) is 11.4 Å². The van der Waals surface area contributed by atoms with Crippen LogP contribution in [0.4, 0.5) is 11.4 Å². The third kappa shape index (κ3) is 4.92. The van der Waals surface area contributed by atoms with Crippen molar-refractivity contribution in [1.29, 1.82) is 5.26 Å². The number of aryl methyl sites for hydroxylation is 2. The minimum absolute atomic E-state index is 0.263. The fourth-order valence-corrected chi connectivity index (χ4v) is 2.57. The predicted octanol–water partition coefficient (Wildman–Crippen LogP) is 3.65. The molecule has 0 aliphatic rings. The maximum absolute atomic E-state index is 12.2. The van der Waals surface area contributed by atoms with Crippen LogP contribution in [0.25, 0.3) is 0 Å². The van der Waals surface area contributed by atoms with Crippen LogP contribution in [-0.4, -0.2) is 11.8 Å². The topological polar surface area (TPSA) is 82.0 Å². The second-order valence-corrected chi connectivity index (χ2v) is 5.62. The highest BCUT2D eigenvalue weighted by Gasteiger charge is 2.13. The number of nitriles is 1. The van der Waals surface area contributed by atoms with Gasteiger partial charge in [-0.2, -0.15) is 5.26 Å². The molecule has 2 N–H and O–H groups in total. The maximum atomic E-state index is 12.2. The van der Waals surface area contributed by atoms with Crippen molar-refractivity contribution in [3.8, 4) is 6.07 Å². The van der Waals surface area contributed by atoms with Crippen molar-refractivity contribution in [3.05, 3.63) is 59.2 Å². The Morgan fingerprint density at radius 3 is 2.00 bits per heavy atom. The molecule has 0 heterocycles. The van der Waals surface area contributed by atoms with Crippen LogP contribution in [0.15, 0.2) is 42.5 Å². The zero-order chi connectivity index (χ0) is 18.2. The molecular weight excluding hydrogens is 314 g/mol. The summed E-state index contributed by atoms with van der Waals surface area (Å²) in [7, 11) is 0. The normalized spacial score (nSPS) is 9.96. The molecule has 5 nitrogen and oxygen atoms in total. The average Bonchev–Trinajstić information content (AvgIpc) is 2.62. The Morgan fingerprint density at radius 1 is 0.920 bits per heavy atom. The molecule has 0 aliphatic heterocycles. The van der Waals surface area contributed by atoms with Crippen molar-refractivity contribution in [3.63, 3.8) is 0 Å². The van der Waals surface area contributed by atoms with Gasteiger partial charge in [-0.25, -0.2) is 0 Å². The van der Waals surface area contributed by atoms with Gasteiger partial charge in [-0.05, 0) is 48.2 Å². The molecule has 0 radical (unpaired) electrons. The van der Waals surface area contributed by atoms with E-state index in [-0.39, 0.29) is 12.3 Å². The Balaban J connectivity index is 2.00. The number of nitrogens with one attached hydrogen (secondary N) is 2. The highest BCUT2D eigenvalue weighted by Crippen LogP contribution is 2.22. The van der Waals surface area contributed by atoms with E-state index in [1.165, 1.54) is 0 Å². The van der Waals surface area contributed by atoms with Gasteiger partial charge < -0.3 is 10.6 Å². The third-order valence-corrected chi connectivity index (χ3v) is 3.88. The number of nitrogens with zero attached hydrogens (tertiary/aromatic N) is 1. The van der Waals surface area contributed by atoms with E-state index in [1.54, 1.807) is 24.3 Å². The van der Waals surface area contributed by atoms with Gasteiger partial charge in [0.1, 0.15) is 6.42 Å². The molecule has 0 bridgehead atoms. The minimum Gasteiger partial charge on any atom is -0.326 e. The molecule has 0 aliphatic carbocycles. The first-order valence-electron chi connectivity index (χ1n) is 8.28. The summed E-state index contributed by atoms with van der Waals surface area (Å²) in [5.41, 5.74) is 3.99. The van der Waals surface area contributed by atoms with Crippen LogP contribution in [0.5, 0.6) is 0 Å². The molecule has 2 aromatic rings. The van der Waals surface area contributed by atoms with Gasteiger partial charge in [0.15, 0.2) is 0 Å². The summed E-state index contributed by atoms with van der Waals surface area (Å²) in [5.74, 6) is -0.740. The van der Waals surface area contributed by atoms with E-state index in [0.717, 1.165) is 29.7 Å². The van der Waals surface area contributed by atoms with Crippen LogP contribution in [0, 0.1) is 11.3 Å². The number of carbonyl (C=O) groups excluding carboxylic acids is 2. The monoisotopic (exact) mass is 335 g/mol.